The summed E-state index contributed by atoms with van der Waals surface area (Å²) in [5.41, 5.74) is 10.2. The van der Waals surface area contributed by atoms with Crippen molar-refractivity contribution in [3.8, 4) is 0 Å². The summed E-state index contributed by atoms with van der Waals surface area (Å²) >= 11 is 0. The molecular formula is C18H29N4O14P. The highest BCUT2D eigenvalue weighted by Crippen LogP contribution is 2.51. The zero-order chi connectivity index (χ0) is 28.6. The summed E-state index contributed by atoms with van der Waals surface area (Å²) in [4.78, 5) is 37.7. The Morgan fingerprint density at radius 1 is 1.41 bits per heavy atom. The number of carboxylic acids is 1. The van der Waals surface area contributed by atoms with E-state index in [1.165, 1.54) is 6.07 Å². The van der Waals surface area contributed by atoms with Gasteiger partial charge in [0.05, 0.1) is 24.9 Å². The largest absolute Gasteiger partial charge is 0.477 e. The third kappa shape index (κ3) is 6.17. The number of nitrogen functional groups attached to an aromatic ring is 1. The summed E-state index contributed by atoms with van der Waals surface area (Å²) in [7, 11) is -5.43. The van der Waals surface area contributed by atoms with Gasteiger partial charge in [0.15, 0.2) is 6.23 Å². The second-order valence-electron chi connectivity index (χ2n) is 8.49. The summed E-state index contributed by atoms with van der Waals surface area (Å²) in [5, 5.41) is 60.4. The van der Waals surface area contributed by atoms with Crippen molar-refractivity contribution in [3.63, 3.8) is 0 Å². The van der Waals surface area contributed by atoms with E-state index in [2.05, 4.69) is 4.98 Å². The Kier molecular flexibility index (Phi) is 8.29. The minimum Gasteiger partial charge on any atom is -0.477 e. The number of phosphoric acid groups is 1. The van der Waals surface area contributed by atoms with Crippen molar-refractivity contribution >= 4 is 19.6 Å². The van der Waals surface area contributed by atoms with Gasteiger partial charge in [-0.15, -0.1) is 0 Å². The maximum Gasteiger partial charge on any atom is 0.475 e. The Labute approximate surface area is 209 Å². The molecule has 0 amide bonds. The molecule has 0 bridgehead atoms. The Bertz CT molecular complexity index is 1110. The Balaban J connectivity index is 1.74. The van der Waals surface area contributed by atoms with Crippen LogP contribution in [-0.4, -0.2) is 112 Å². The van der Waals surface area contributed by atoms with E-state index in [4.69, 9.17) is 31.4 Å². The summed E-state index contributed by atoms with van der Waals surface area (Å²) in [5.74, 6) is -5.25. The zero-order valence-electron chi connectivity index (χ0n) is 20.0. The van der Waals surface area contributed by atoms with Gasteiger partial charge in [-0.3, -0.25) is 9.09 Å². The van der Waals surface area contributed by atoms with Gasteiger partial charge in [0.2, 0.25) is 0 Å². The quantitative estimate of drug-likeness (QED) is 0.129. The predicted molar refractivity (Wildman–Crippen MR) is 117 cm³/mol. The molecule has 0 radical (unpaired) electrons. The van der Waals surface area contributed by atoms with Crippen molar-refractivity contribution < 1.29 is 64.8 Å². The lowest BCUT2D eigenvalue weighted by atomic mass is 9.89. The van der Waals surface area contributed by atoms with Crippen LogP contribution in [0.15, 0.2) is 17.1 Å². The molecule has 37 heavy (non-hydrogen) atoms. The first-order valence-electron chi connectivity index (χ1n) is 11.4. The van der Waals surface area contributed by atoms with Gasteiger partial charge >= 0.3 is 19.5 Å². The summed E-state index contributed by atoms with van der Waals surface area (Å²) in [6.45, 7) is -1.72. The molecule has 3 rings (SSSR count). The Morgan fingerprint density at radius 2 is 2.08 bits per heavy atom. The molecule has 0 aliphatic carbocycles. The van der Waals surface area contributed by atoms with Crippen LogP contribution in [0.4, 0.5) is 5.82 Å². The standard InChI is InChI=1S/C18H29N4O14P/c1-6(23)11(25)14-10(20)7(24)4-18(35-14,16(28)29)36-37(31,32)33-5-8-12(26)13(27)15(34-8)22-3-2-9(19)21-17(22)30/h2-3,6-8,10-15,23-27H,4-5,20H2,1H3,(H,28,29)(H,31,32)(H2,19,21,30)/i1D. The van der Waals surface area contributed by atoms with Crippen LogP contribution >= 0.6 is 7.82 Å². The van der Waals surface area contributed by atoms with Crippen LogP contribution in [0, 0.1) is 0 Å². The van der Waals surface area contributed by atoms with Gasteiger partial charge in [0.25, 0.3) is 5.79 Å². The van der Waals surface area contributed by atoms with Crippen molar-refractivity contribution in [3.05, 3.63) is 22.7 Å². The fraction of sp³-hybridized carbons (Fsp3) is 0.722. The molecule has 1 aromatic heterocycles. The minimum atomic E-state index is -5.43. The molecule has 2 fully saturated rings. The molecule has 11 N–H and O–H groups in total. The molecule has 2 saturated heterocycles. The van der Waals surface area contributed by atoms with Gasteiger partial charge in [-0.05, 0) is 13.0 Å². The Morgan fingerprint density at radius 3 is 2.68 bits per heavy atom. The molecule has 0 spiro atoms. The summed E-state index contributed by atoms with van der Waals surface area (Å²) in [6.07, 6.45) is -13.8. The molecular weight excluding hydrogens is 527 g/mol. The van der Waals surface area contributed by atoms with E-state index in [1.807, 2.05) is 0 Å². The fourth-order valence-electron chi connectivity index (χ4n) is 3.83. The van der Waals surface area contributed by atoms with Gasteiger partial charge in [-0.1, -0.05) is 0 Å². The minimum absolute atomic E-state index is 0.120. The van der Waals surface area contributed by atoms with Crippen LogP contribution in [0.25, 0.3) is 0 Å². The van der Waals surface area contributed by atoms with Crippen LogP contribution in [0.2, 0.25) is 0 Å². The predicted octanol–water partition coefficient (Wildman–Crippen LogP) is -4.42. The van der Waals surface area contributed by atoms with Crippen molar-refractivity contribution in [1.82, 2.24) is 9.55 Å². The summed E-state index contributed by atoms with van der Waals surface area (Å²) < 4.78 is 40.6. The molecule has 0 saturated carbocycles. The average molecular weight is 557 g/mol. The molecule has 1 aromatic rings. The maximum absolute atomic E-state index is 12.7. The highest BCUT2D eigenvalue weighted by atomic mass is 31.2. The number of hydrogen-bond donors (Lipinski definition) is 9. The van der Waals surface area contributed by atoms with Crippen molar-refractivity contribution in [2.24, 2.45) is 5.73 Å². The average Bonchev–Trinajstić information content (AvgIpc) is 3.12. The van der Waals surface area contributed by atoms with Gasteiger partial charge < -0.3 is 56.5 Å². The van der Waals surface area contributed by atoms with Crippen LogP contribution in [0.5, 0.6) is 0 Å². The van der Waals surface area contributed by atoms with Crippen molar-refractivity contribution in [2.45, 2.75) is 74.1 Å². The highest BCUT2D eigenvalue weighted by molar-refractivity contribution is 7.47. The highest BCUT2D eigenvalue weighted by Gasteiger charge is 2.57. The SMILES string of the molecule is [2H]CC(O)C(O)C1OC(OP(=O)(O)OCC2OC(n3ccc(N)nc3=O)C(O)C2O)(C(=O)O)CC(O)C1N. The topological polar surface area (TPSA) is 300 Å². The number of nitrogens with zero attached hydrogens (tertiary/aromatic N) is 2. The number of ether oxygens (including phenoxy) is 2. The molecule has 2 aliphatic heterocycles. The number of anilines is 1. The van der Waals surface area contributed by atoms with E-state index in [0.29, 0.717) is 0 Å². The first-order chi connectivity index (χ1) is 17.6. The lowest BCUT2D eigenvalue weighted by Crippen LogP contribution is -2.65. The molecule has 11 atom stereocenters. The molecule has 3 heterocycles. The molecule has 11 unspecified atom stereocenters. The lowest BCUT2D eigenvalue weighted by Gasteiger charge is -2.45. The third-order valence-corrected chi connectivity index (χ3v) is 6.81. The summed E-state index contributed by atoms with van der Waals surface area (Å²) in [6, 6.07) is -0.264. The van der Waals surface area contributed by atoms with Crippen molar-refractivity contribution in [2.75, 3.05) is 12.3 Å². The number of nitrogens with two attached hydrogens (primary N) is 2. The second kappa shape index (κ2) is 11.0. The van der Waals surface area contributed by atoms with Crippen molar-refractivity contribution in [1.29, 1.82) is 0 Å². The maximum atomic E-state index is 12.7. The first-order valence-corrected chi connectivity index (χ1v) is 12.2. The van der Waals surface area contributed by atoms with E-state index in [-0.39, 0.29) is 5.82 Å². The van der Waals surface area contributed by atoms with E-state index >= 15 is 0 Å². The molecule has 19 heteroatoms. The van der Waals surface area contributed by atoms with Gasteiger partial charge in [0, 0.05) is 14.0 Å². The second-order valence-corrected chi connectivity index (χ2v) is 9.87. The molecule has 0 aromatic carbocycles. The smallest absolute Gasteiger partial charge is 0.475 e. The third-order valence-electron chi connectivity index (χ3n) is 5.81. The number of aliphatic hydroxyl groups excluding tert-OH is 5. The molecule has 2 aliphatic rings. The normalized spacial score (nSPS) is 37.9. The van der Waals surface area contributed by atoms with Gasteiger partial charge in [0.1, 0.15) is 36.3 Å². The van der Waals surface area contributed by atoms with Gasteiger partial charge in [-0.2, -0.15) is 4.98 Å². The zero-order valence-corrected chi connectivity index (χ0v) is 19.9. The van der Waals surface area contributed by atoms with Crippen LogP contribution in [0.3, 0.4) is 0 Å². The van der Waals surface area contributed by atoms with E-state index in [9.17, 15) is 49.7 Å². The number of carbonyl (C=O) groups is 1. The van der Waals surface area contributed by atoms with E-state index < -0.39 is 100 Å². The fourth-order valence-corrected chi connectivity index (χ4v) is 4.78. The number of rotatable bonds is 9. The number of aromatic nitrogens is 2. The number of aliphatic hydroxyl groups is 5. The monoisotopic (exact) mass is 557 g/mol. The van der Waals surface area contributed by atoms with Crippen LogP contribution in [0.1, 0.15) is 20.9 Å². The van der Waals surface area contributed by atoms with E-state index in [1.54, 1.807) is 0 Å². The number of phosphoric ester groups is 1. The number of hydrogen-bond acceptors (Lipinski definition) is 15. The number of aliphatic carboxylic acids is 1. The van der Waals surface area contributed by atoms with Crippen LogP contribution in [-0.2, 0) is 27.9 Å². The molecule has 210 valence electrons. The van der Waals surface area contributed by atoms with E-state index in [0.717, 1.165) is 10.8 Å². The first kappa shape index (κ1) is 28.0. The van der Waals surface area contributed by atoms with Crippen LogP contribution < -0.4 is 17.2 Å². The molecule has 18 nitrogen and oxygen atoms in total. The lowest BCUT2D eigenvalue weighted by molar-refractivity contribution is -0.285. The number of carboxylic acid groups (broad SMARTS) is 1. The van der Waals surface area contributed by atoms with Gasteiger partial charge in [-0.25, -0.2) is 18.7 Å². The Hall–Kier alpha value is -2.06.